The van der Waals surface area contributed by atoms with Crippen LogP contribution in [0.1, 0.15) is 25.3 Å². The van der Waals surface area contributed by atoms with Gasteiger partial charge in [0.25, 0.3) is 0 Å². The van der Waals surface area contributed by atoms with Crippen LogP contribution in [0.15, 0.2) is 41.8 Å². The lowest BCUT2D eigenvalue weighted by molar-refractivity contribution is -0.145. The Kier molecular flexibility index (Phi) is 6.74. The monoisotopic (exact) mass is 402 g/mol. The number of amides is 2. The third kappa shape index (κ3) is 4.94. The summed E-state index contributed by atoms with van der Waals surface area (Å²) >= 11 is 1.42. The zero-order chi connectivity index (χ0) is 20.1. The summed E-state index contributed by atoms with van der Waals surface area (Å²) in [6.07, 6.45) is 3.59. The molecule has 0 spiro atoms. The molecule has 1 aromatic heterocycles. The van der Waals surface area contributed by atoms with Crippen molar-refractivity contribution in [3.8, 4) is 5.69 Å². The van der Waals surface area contributed by atoms with Gasteiger partial charge in [0.05, 0.1) is 11.9 Å². The van der Waals surface area contributed by atoms with Crippen molar-refractivity contribution in [2.24, 2.45) is 0 Å². The molecular weight excluding hydrogens is 376 g/mol. The fraction of sp³-hybridized carbons (Fsp3) is 0.450. The highest BCUT2D eigenvalue weighted by atomic mass is 32.2. The van der Waals surface area contributed by atoms with Crippen molar-refractivity contribution in [1.82, 2.24) is 19.8 Å². The van der Waals surface area contributed by atoms with Gasteiger partial charge in [0.1, 0.15) is 6.61 Å². The van der Waals surface area contributed by atoms with E-state index in [2.05, 4.69) is 48.4 Å². The van der Waals surface area contributed by atoms with E-state index < -0.39 is 0 Å². The van der Waals surface area contributed by atoms with Gasteiger partial charge in [-0.25, -0.2) is 4.98 Å². The molecule has 0 aliphatic carbocycles. The third-order valence-electron chi connectivity index (χ3n) is 4.70. The lowest BCUT2D eigenvalue weighted by atomic mass is 10.0. The lowest BCUT2D eigenvalue weighted by Gasteiger charge is -2.38. The first kappa shape index (κ1) is 20.4. The maximum Gasteiger partial charge on any atom is 0.245 e. The summed E-state index contributed by atoms with van der Waals surface area (Å²) in [4.78, 5) is 29.7. The summed E-state index contributed by atoms with van der Waals surface area (Å²) < 4.78 is 7.43. The first-order valence-electron chi connectivity index (χ1n) is 9.34. The molecule has 1 saturated heterocycles. The first-order chi connectivity index (χ1) is 13.5. The van der Waals surface area contributed by atoms with Crippen LogP contribution < -0.4 is 5.32 Å². The number of thioether (sulfide) groups is 1. The van der Waals surface area contributed by atoms with E-state index in [0.29, 0.717) is 24.8 Å². The average Bonchev–Trinajstić information content (AvgIpc) is 3.13. The Balaban J connectivity index is 1.49. The summed E-state index contributed by atoms with van der Waals surface area (Å²) in [5.74, 6) is 0.704. The molecule has 0 radical (unpaired) electrons. The van der Waals surface area contributed by atoms with E-state index in [1.165, 1.54) is 17.3 Å². The molecule has 1 aromatic carbocycles. The predicted molar refractivity (Wildman–Crippen MR) is 109 cm³/mol. The van der Waals surface area contributed by atoms with Gasteiger partial charge >= 0.3 is 0 Å². The second-order valence-corrected chi connectivity index (χ2v) is 7.96. The summed E-state index contributed by atoms with van der Waals surface area (Å²) in [7, 11) is 1.57. The van der Waals surface area contributed by atoms with Gasteiger partial charge in [0.2, 0.25) is 11.8 Å². The number of carbonyl (C=O) groups excluding carboxylic acids is 2. The van der Waals surface area contributed by atoms with Crippen molar-refractivity contribution < 1.29 is 14.3 Å². The summed E-state index contributed by atoms with van der Waals surface area (Å²) in [5, 5.41) is 3.30. The maximum absolute atomic E-state index is 12.4. The topological polar surface area (TPSA) is 76.5 Å². The van der Waals surface area contributed by atoms with Crippen molar-refractivity contribution in [3.63, 3.8) is 0 Å². The van der Waals surface area contributed by atoms with Crippen LogP contribution in [0.4, 0.5) is 0 Å². The fourth-order valence-corrected chi connectivity index (χ4v) is 3.72. The molecule has 2 amide bonds. The van der Waals surface area contributed by atoms with Crippen LogP contribution in [0.3, 0.4) is 0 Å². The van der Waals surface area contributed by atoms with E-state index in [1.54, 1.807) is 18.1 Å². The standard InChI is InChI=1S/C20H26N4O3S/c1-14(2)15-4-6-16(7-5-15)24-9-8-22-20(24)28-13-19(26)23-10-17(11-23)27-12-18(25)21-3/h4-9,14,17H,10-13H2,1-3H3,(H,21,25). The zero-order valence-electron chi connectivity index (χ0n) is 16.4. The van der Waals surface area contributed by atoms with E-state index in [0.717, 1.165) is 10.8 Å². The third-order valence-corrected chi connectivity index (χ3v) is 5.65. The molecule has 7 nitrogen and oxygen atoms in total. The number of benzene rings is 1. The fourth-order valence-electron chi connectivity index (χ4n) is 2.84. The van der Waals surface area contributed by atoms with E-state index in [4.69, 9.17) is 4.74 Å². The molecule has 3 rings (SSSR count). The van der Waals surface area contributed by atoms with Crippen molar-refractivity contribution >= 4 is 23.6 Å². The molecule has 8 heteroatoms. The highest BCUT2D eigenvalue weighted by molar-refractivity contribution is 7.99. The van der Waals surface area contributed by atoms with E-state index in [1.807, 2.05) is 10.8 Å². The molecule has 1 aliphatic heterocycles. The average molecular weight is 403 g/mol. The van der Waals surface area contributed by atoms with Gasteiger partial charge in [-0.15, -0.1) is 0 Å². The van der Waals surface area contributed by atoms with Gasteiger partial charge in [-0.3, -0.25) is 14.2 Å². The van der Waals surface area contributed by atoms with E-state index >= 15 is 0 Å². The Labute approximate surface area is 169 Å². The summed E-state index contributed by atoms with van der Waals surface area (Å²) in [5.41, 5.74) is 2.32. The molecule has 1 aliphatic rings. The molecule has 28 heavy (non-hydrogen) atoms. The number of likely N-dealkylation sites (N-methyl/N-ethyl adjacent to an activating group) is 1. The highest BCUT2D eigenvalue weighted by Gasteiger charge is 2.31. The number of nitrogens with one attached hydrogen (secondary N) is 1. The number of nitrogens with zero attached hydrogens (tertiary/aromatic N) is 3. The van der Waals surface area contributed by atoms with Gasteiger partial charge in [0.15, 0.2) is 5.16 Å². The molecule has 2 heterocycles. The molecule has 0 atom stereocenters. The smallest absolute Gasteiger partial charge is 0.245 e. The second kappa shape index (κ2) is 9.25. The molecular formula is C20H26N4O3S. The largest absolute Gasteiger partial charge is 0.365 e. The Morgan fingerprint density at radius 1 is 1.29 bits per heavy atom. The molecule has 1 N–H and O–H groups in total. The number of likely N-dealkylation sites (tertiary alicyclic amines) is 1. The molecule has 150 valence electrons. The Morgan fingerprint density at radius 2 is 2.00 bits per heavy atom. The number of aromatic nitrogens is 2. The molecule has 1 fully saturated rings. The molecule has 2 aromatic rings. The summed E-state index contributed by atoms with van der Waals surface area (Å²) in [6.45, 7) is 5.43. The van der Waals surface area contributed by atoms with Gasteiger partial charge in [-0.05, 0) is 23.6 Å². The van der Waals surface area contributed by atoms with Crippen LogP contribution in [-0.2, 0) is 14.3 Å². The Bertz CT molecular complexity index is 813. The minimum absolute atomic E-state index is 0.0327. The normalized spacial score (nSPS) is 14.2. The van der Waals surface area contributed by atoms with E-state index in [9.17, 15) is 9.59 Å². The van der Waals surface area contributed by atoms with Gasteiger partial charge < -0.3 is 15.0 Å². The van der Waals surface area contributed by atoms with Crippen molar-refractivity contribution in [1.29, 1.82) is 0 Å². The second-order valence-electron chi connectivity index (χ2n) is 7.02. The molecule has 0 saturated carbocycles. The van der Waals surface area contributed by atoms with Gasteiger partial charge in [-0.2, -0.15) is 0 Å². The maximum atomic E-state index is 12.4. The Hall–Kier alpha value is -2.32. The quantitative estimate of drug-likeness (QED) is 0.684. The minimum atomic E-state index is -0.159. The van der Waals surface area contributed by atoms with Crippen LogP contribution in [0, 0.1) is 0 Å². The van der Waals surface area contributed by atoms with Crippen molar-refractivity contribution in [2.45, 2.75) is 31.0 Å². The highest BCUT2D eigenvalue weighted by Crippen LogP contribution is 2.23. The SMILES string of the molecule is CNC(=O)COC1CN(C(=O)CSc2nccn2-c2ccc(C(C)C)cc2)C1. The van der Waals surface area contributed by atoms with E-state index in [-0.39, 0.29) is 24.5 Å². The van der Waals surface area contributed by atoms with Crippen LogP contribution in [0.2, 0.25) is 0 Å². The Morgan fingerprint density at radius 3 is 2.64 bits per heavy atom. The van der Waals surface area contributed by atoms with Crippen LogP contribution >= 0.6 is 11.8 Å². The first-order valence-corrected chi connectivity index (χ1v) is 10.3. The van der Waals surface area contributed by atoms with Crippen LogP contribution in [0.25, 0.3) is 5.69 Å². The number of carbonyl (C=O) groups is 2. The number of ether oxygens (including phenoxy) is 1. The van der Waals surface area contributed by atoms with Gasteiger partial charge in [0, 0.05) is 38.2 Å². The van der Waals surface area contributed by atoms with Gasteiger partial charge in [-0.1, -0.05) is 37.7 Å². The number of imidazole rings is 1. The predicted octanol–water partition coefficient (Wildman–Crippen LogP) is 2.06. The summed E-state index contributed by atoms with van der Waals surface area (Å²) in [6, 6.07) is 8.40. The van der Waals surface area contributed by atoms with Crippen LogP contribution in [0.5, 0.6) is 0 Å². The molecule has 0 unspecified atom stereocenters. The number of hydrogen-bond donors (Lipinski definition) is 1. The zero-order valence-corrected chi connectivity index (χ0v) is 17.2. The minimum Gasteiger partial charge on any atom is -0.365 e. The number of hydrogen-bond acceptors (Lipinski definition) is 5. The lowest BCUT2D eigenvalue weighted by Crippen LogP contribution is -2.55. The molecule has 0 bridgehead atoms. The van der Waals surface area contributed by atoms with Crippen LogP contribution in [-0.4, -0.2) is 64.9 Å². The van der Waals surface area contributed by atoms with Crippen molar-refractivity contribution in [2.75, 3.05) is 32.5 Å². The van der Waals surface area contributed by atoms with Crippen molar-refractivity contribution in [3.05, 3.63) is 42.2 Å². The number of rotatable bonds is 8.